The molecule has 0 saturated heterocycles. The molecule has 3 aromatic rings. The summed E-state index contributed by atoms with van der Waals surface area (Å²) < 4.78 is 33.3. The predicted octanol–water partition coefficient (Wildman–Crippen LogP) is 4.43. The molecule has 172 valence electrons. The number of methoxy groups -OCH3 is 1. The first kappa shape index (κ1) is 22.9. The number of benzene rings is 3. The monoisotopic (exact) mass is 464 g/mol. The highest BCUT2D eigenvalue weighted by atomic mass is 32.2. The van der Waals surface area contributed by atoms with E-state index in [4.69, 9.17) is 4.74 Å². The number of aryl methyl sites for hydroxylation is 2. The fourth-order valence-corrected chi connectivity index (χ4v) is 5.63. The maximum absolute atomic E-state index is 13.3. The molecule has 6 nitrogen and oxygen atoms in total. The molecule has 0 atom stereocenters. The molecule has 0 fully saturated rings. The van der Waals surface area contributed by atoms with Crippen LogP contribution < -0.4 is 13.9 Å². The first-order chi connectivity index (χ1) is 15.9. The predicted molar refractivity (Wildman–Crippen MR) is 130 cm³/mol. The Labute approximate surface area is 195 Å². The summed E-state index contributed by atoms with van der Waals surface area (Å²) in [6.07, 6.45) is 2.54. The summed E-state index contributed by atoms with van der Waals surface area (Å²) in [7, 11) is -0.302. The second-order valence-electron chi connectivity index (χ2n) is 8.11. The first-order valence-electron chi connectivity index (χ1n) is 11.0. The molecule has 0 bridgehead atoms. The van der Waals surface area contributed by atoms with E-state index in [1.807, 2.05) is 48.5 Å². The van der Waals surface area contributed by atoms with Crippen molar-refractivity contribution in [1.29, 1.82) is 0 Å². The van der Waals surface area contributed by atoms with Crippen LogP contribution in [0, 0.1) is 0 Å². The van der Waals surface area contributed by atoms with E-state index in [2.05, 4.69) is 0 Å². The Kier molecular flexibility index (Phi) is 6.70. The molecule has 1 aliphatic rings. The Morgan fingerprint density at radius 2 is 1.79 bits per heavy atom. The van der Waals surface area contributed by atoms with Gasteiger partial charge in [0.2, 0.25) is 5.91 Å². The van der Waals surface area contributed by atoms with Crippen molar-refractivity contribution >= 4 is 27.3 Å². The Hall–Kier alpha value is -3.32. The van der Waals surface area contributed by atoms with E-state index in [1.54, 1.807) is 43.3 Å². The summed E-state index contributed by atoms with van der Waals surface area (Å²) >= 11 is 0. The highest BCUT2D eigenvalue weighted by molar-refractivity contribution is 7.92. The molecule has 0 unspecified atom stereocenters. The lowest BCUT2D eigenvalue weighted by Gasteiger charge is -2.30. The van der Waals surface area contributed by atoms with E-state index < -0.39 is 10.0 Å². The number of para-hydroxylation sites is 1. The maximum atomic E-state index is 13.3. The number of amides is 1. The van der Waals surface area contributed by atoms with Crippen LogP contribution in [0.25, 0.3) is 0 Å². The van der Waals surface area contributed by atoms with Crippen molar-refractivity contribution in [2.75, 3.05) is 29.9 Å². The zero-order chi connectivity index (χ0) is 23.4. The van der Waals surface area contributed by atoms with E-state index in [1.165, 1.54) is 4.31 Å². The lowest BCUT2D eigenvalue weighted by atomic mass is 10.0. The fourth-order valence-electron chi connectivity index (χ4n) is 4.09. The Balaban J connectivity index is 1.43. The third-order valence-electron chi connectivity index (χ3n) is 6.02. The van der Waals surface area contributed by atoms with Gasteiger partial charge in [-0.15, -0.1) is 0 Å². The number of ether oxygens (including phenoxy) is 1. The maximum Gasteiger partial charge on any atom is 0.264 e. The zero-order valence-electron chi connectivity index (χ0n) is 18.9. The number of hydrogen-bond donors (Lipinski definition) is 0. The smallest absolute Gasteiger partial charge is 0.264 e. The van der Waals surface area contributed by atoms with Crippen LogP contribution in [0.1, 0.15) is 24.0 Å². The molecule has 1 amide bonds. The lowest BCUT2D eigenvalue weighted by molar-refractivity contribution is -0.118. The average molecular weight is 465 g/mol. The van der Waals surface area contributed by atoms with Gasteiger partial charge in [-0.25, -0.2) is 8.42 Å². The Bertz CT molecular complexity index is 1240. The van der Waals surface area contributed by atoms with Crippen LogP contribution in [0.15, 0.2) is 77.7 Å². The lowest BCUT2D eigenvalue weighted by Crippen LogP contribution is -2.35. The van der Waals surface area contributed by atoms with Crippen molar-refractivity contribution in [3.8, 4) is 5.75 Å². The Morgan fingerprint density at radius 1 is 1.03 bits per heavy atom. The van der Waals surface area contributed by atoms with Gasteiger partial charge in [0.25, 0.3) is 10.0 Å². The third-order valence-corrected chi connectivity index (χ3v) is 7.85. The number of nitrogens with zero attached hydrogens (tertiary/aromatic N) is 2. The molecule has 1 aliphatic heterocycles. The standard InChI is InChI=1S/C26H28N2O4S/c1-27(22-9-5-10-23(19-22)32-2)26(29)17-14-20-12-15-24(16-13-20)33(30,31)28-18-6-8-21-7-3-4-11-25(21)28/h3-5,7,9-13,15-16,19H,6,8,14,17-18H2,1-2H3. The molecule has 0 N–H and O–H groups in total. The first-order valence-corrected chi connectivity index (χ1v) is 12.4. The van der Waals surface area contributed by atoms with Crippen molar-refractivity contribution in [2.24, 2.45) is 0 Å². The minimum Gasteiger partial charge on any atom is -0.497 e. The number of rotatable bonds is 7. The van der Waals surface area contributed by atoms with Crippen molar-refractivity contribution in [3.05, 3.63) is 83.9 Å². The minimum atomic E-state index is -3.63. The van der Waals surface area contributed by atoms with Gasteiger partial charge in [-0.1, -0.05) is 36.4 Å². The van der Waals surface area contributed by atoms with Gasteiger partial charge in [-0.3, -0.25) is 9.10 Å². The topological polar surface area (TPSA) is 66.9 Å². The SMILES string of the molecule is COc1cccc(N(C)C(=O)CCc2ccc(S(=O)(=O)N3CCCc4ccccc43)cc2)c1. The molecule has 3 aromatic carbocycles. The van der Waals surface area contributed by atoms with E-state index >= 15 is 0 Å². The number of anilines is 2. The minimum absolute atomic E-state index is 0.0233. The average Bonchev–Trinajstić information content (AvgIpc) is 2.86. The fraction of sp³-hybridized carbons (Fsp3) is 0.269. The van der Waals surface area contributed by atoms with Crippen molar-refractivity contribution in [2.45, 2.75) is 30.6 Å². The van der Waals surface area contributed by atoms with Gasteiger partial charge >= 0.3 is 0 Å². The summed E-state index contributed by atoms with van der Waals surface area (Å²) in [6.45, 7) is 0.478. The molecule has 0 aromatic heterocycles. The molecular weight excluding hydrogens is 436 g/mol. The van der Waals surface area contributed by atoms with Crippen molar-refractivity contribution in [3.63, 3.8) is 0 Å². The molecule has 7 heteroatoms. The van der Waals surface area contributed by atoms with Crippen LogP contribution >= 0.6 is 0 Å². The number of carbonyl (C=O) groups excluding carboxylic acids is 1. The van der Waals surface area contributed by atoms with Gasteiger partial charge < -0.3 is 9.64 Å². The zero-order valence-corrected chi connectivity index (χ0v) is 19.7. The molecular formula is C26H28N2O4S. The van der Waals surface area contributed by atoms with E-state index in [0.717, 1.165) is 35.3 Å². The van der Waals surface area contributed by atoms with Gasteiger partial charge in [0, 0.05) is 31.8 Å². The molecule has 0 radical (unpaired) electrons. The number of hydrogen-bond acceptors (Lipinski definition) is 4. The van der Waals surface area contributed by atoms with E-state index in [9.17, 15) is 13.2 Å². The number of sulfonamides is 1. The van der Waals surface area contributed by atoms with Crippen LogP contribution in [0.3, 0.4) is 0 Å². The summed E-state index contributed by atoms with van der Waals surface area (Å²) in [5, 5.41) is 0. The number of fused-ring (bicyclic) bond motifs is 1. The molecule has 33 heavy (non-hydrogen) atoms. The normalized spacial score (nSPS) is 13.3. The molecule has 0 saturated carbocycles. The quantitative estimate of drug-likeness (QED) is 0.519. The summed E-state index contributed by atoms with van der Waals surface area (Å²) in [6, 6.07) is 21.9. The molecule has 0 spiro atoms. The highest BCUT2D eigenvalue weighted by Gasteiger charge is 2.28. The summed E-state index contributed by atoms with van der Waals surface area (Å²) in [5.41, 5.74) is 3.50. The molecule has 0 aliphatic carbocycles. The van der Waals surface area contributed by atoms with Crippen LogP contribution in [0.4, 0.5) is 11.4 Å². The van der Waals surface area contributed by atoms with Crippen LogP contribution in [-0.2, 0) is 27.7 Å². The van der Waals surface area contributed by atoms with Gasteiger partial charge in [0.1, 0.15) is 5.75 Å². The molecule has 4 rings (SSSR count). The number of carbonyl (C=O) groups is 1. The second kappa shape index (κ2) is 9.67. The van der Waals surface area contributed by atoms with Crippen molar-refractivity contribution in [1.82, 2.24) is 0 Å². The molecule has 1 heterocycles. The van der Waals surface area contributed by atoms with Gasteiger partial charge in [0.05, 0.1) is 17.7 Å². The van der Waals surface area contributed by atoms with Crippen LogP contribution in [-0.4, -0.2) is 35.0 Å². The Morgan fingerprint density at radius 3 is 2.55 bits per heavy atom. The second-order valence-corrected chi connectivity index (χ2v) is 9.97. The van der Waals surface area contributed by atoms with Crippen molar-refractivity contribution < 1.29 is 17.9 Å². The van der Waals surface area contributed by atoms with Crippen LogP contribution in [0.2, 0.25) is 0 Å². The van der Waals surface area contributed by atoms with E-state index in [0.29, 0.717) is 25.1 Å². The third kappa shape index (κ3) is 4.88. The summed E-state index contributed by atoms with van der Waals surface area (Å²) in [5.74, 6) is 0.671. The van der Waals surface area contributed by atoms with Gasteiger partial charge in [0.15, 0.2) is 0 Å². The summed E-state index contributed by atoms with van der Waals surface area (Å²) in [4.78, 5) is 14.5. The van der Waals surface area contributed by atoms with E-state index in [-0.39, 0.29) is 10.8 Å². The highest BCUT2D eigenvalue weighted by Crippen LogP contribution is 2.32. The van der Waals surface area contributed by atoms with Gasteiger partial charge in [-0.2, -0.15) is 0 Å². The van der Waals surface area contributed by atoms with Crippen LogP contribution in [0.5, 0.6) is 5.75 Å². The largest absolute Gasteiger partial charge is 0.497 e. The van der Waals surface area contributed by atoms with Gasteiger partial charge in [-0.05, 0) is 60.7 Å².